The first-order valence-corrected chi connectivity index (χ1v) is 6.42. The van der Waals surface area contributed by atoms with Crippen molar-refractivity contribution in [3.63, 3.8) is 0 Å². The van der Waals surface area contributed by atoms with E-state index in [1.165, 1.54) is 0 Å². The van der Waals surface area contributed by atoms with Gasteiger partial charge in [-0.1, -0.05) is 0 Å². The van der Waals surface area contributed by atoms with Gasteiger partial charge in [0.25, 0.3) is 0 Å². The lowest BCUT2D eigenvalue weighted by Crippen LogP contribution is -2.51. The van der Waals surface area contributed by atoms with Crippen LogP contribution < -0.4 is 10.6 Å². The topological polar surface area (TPSA) is 61.4 Å². The largest absolute Gasteiger partial charge is 0.351 e. The number of hydrogen-bond donors (Lipinski definition) is 2. The molecule has 2 N–H and O–H groups in total. The van der Waals surface area contributed by atoms with E-state index in [1.54, 1.807) is 11.9 Å². The molecule has 1 unspecified atom stereocenters. The monoisotopic (exact) mass is 239 g/mol. The number of carbonyl (C=O) groups excluding carboxylic acids is 2. The second-order valence-corrected chi connectivity index (χ2v) is 5.06. The summed E-state index contributed by atoms with van der Waals surface area (Å²) in [6.07, 6.45) is 3.36. The van der Waals surface area contributed by atoms with Crippen molar-refractivity contribution < 1.29 is 9.59 Å². The molecule has 0 aromatic rings. The van der Waals surface area contributed by atoms with E-state index in [-0.39, 0.29) is 23.8 Å². The zero-order chi connectivity index (χ0) is 12.3. The van der Waals surface area contributed by atoms with Crippen molar-refractivity contribution in [3.05, 3.63) is 0 Å². The summed E-state index contributed by atoms with van der Waals surface area (Å²) in [6.45, 7) is 2.45. The molecule has 0 spiro atoms. The van der Waals surface area contributed by atoms with Crippen LogP contribution in [-0.4, -0.2) is 49.4 Å². The van der Waals surface area contributed by atoms with Crippen LogP contribution in [0.15, 0.2) is 0 Å². The lowest BCUT2D eigenvalue weighted by Gasteiger charge is -2.32. The first kappa shape index (κ1) is 12.4. The molecule has 0 aromatic heterocycles. The second kappa shape index (κ2) is 5.49. The van der Waals surface area contributed by atoms with Gasteiger partial charge in [0.15, 0.2) is 0 Å². The van der Waals surface area contributed by atoms with Crippen molar-refractivity contribution in [3.8, 4) is 0 Å². The molecule has 2 saturated heterocycles. The SMILES string of the molecule is CN1CC(NC(=O)[C@@H]2CCCNC2)CCC1=O. The van der Waals surface area contributed by atoms with Crippen LogP contribution in [0, 0.1) is 5.92 Å². The van der Waals surface area contributed by atoms with E-state index in [9.17, 15) is 9.59 Å². The number of likely N-dealkylation sites (N-methyl/N-ethyl adjacent to an activating group) is 1. The third-order valence-electron chi connectivity index (χ3n) is 3.64. The Morgan fingerprint density at radius 2 is 2.29 bits per heavy atom. The molecule has 0 saturated carbocycles. The number of rotatable bonds is 2. The molecule has 0 aromatic carbocycles. The summed E-state index contributed by atoms with van der Waals surface area (Å²) in [5.74, 6) is 0.423. The maximum absolute atomic E-state index is 12.0. The second-order valence-electron chi connectivity index (χ2n) is 5.06. The Morgan fingerprint density at radius 1 is 1.47 bits per heavy atom. The molecule has 0 bridgehead atoms. The van der Waals surface area contributed by atoms with E-state index in [0.29, 0.717) is 13.0 Å². The van der Waals surface area contributed by atoms with Gasteiger partial charge < -0.3 is 15.5 Å². The van der Waals surface area contributed by atoms with Crippen molar-refractivity contribution in [2.45, 2.75) is 31.7 Å². The number of piperidine rings is 2. The third-order valence-corrected chi connectivity index (χ3v) is 3.64. The smallest absolute Gasteiger partial charge is 0.224 e. The molecular weight excluding hydrogens is 218 g/mol. The van der Waals surface area contributed by atoms with Crippen LogP contribution in [0.5, 0.6) is 0 Å². The highest BCUT2D eigenvalue weighted by Gasteiger charge is 2.27. The molecule has 0 radical (unpaired) electrons. The Hall–Kier alpha value is -1.10. The molecule has 2 atom stereocenters. The Balaban J connectivity index is 1.80. The molecule has 2 rings (SSSR count). The fraction of sp³-hybridized carbons (Fsp3) is 0.833. The van der Waals surface area contributed by atoms with Crippen LogP contribution in [0.25, 0.3) is 0 Å². The van der Waals surface area contributed by atoms with Crippen LogP contribution in [0.4, 0.5) is 0 Å². The fourth-order valence-electron chi connectivity index (χ4n) is 2.52. The number of nitrogens with zero attached hydrogens (tertiary/aromatic N) is 1. The first-order chi connectivity index (χ1) is 8.16. The highest BCUT2D eigenvalue weighted by atomic mass is 16.2. The highest BCUT2D eigenvalue weighted by Crippen LogP contribution is 2.13. The highest BCUT2D eigenvalue weighted by molar-refractivity contribution is 5.80. The minimum absolute atomic E-state index is 0.103. The van der Waals surface area contributed by atoms with Crippen molar-refractivity contribution in [2.24, 2.45) is 5.92 Å². The van der Waals surface area contributed by atoms with Crippen molar-refractivity contribution in [1.82, 2.24) is 15.5 Å². The minimum Gasteiger partial charge on any atom is -0.351 e. The molecule has 2 heterocycles. The molecule has 17 heavy (non-hydrogen) atoms. The summed E-state index contributed by atoms with van der Waals surface area (Å²) in [7, 11) is 1.79. The van der Waals surface area contributed by atoms with Crippen LogP contribution in [-0.2, 0) is 9.59 Å². The number of carbonyl (C=O) groups is 2. The lowest BCUT2D eigenvalue weighted by atomic mass is 9.97. The molecule has 96 valence electrons. The summed E-state index contributed by atoms with van der Waals surface area (Å²) >= 11 is 0. The number of likely N-dealkylation sites (tertiary alicyclic amines) is 1. The normalized spacial score (nSPS) is 30.2. The summed E-state index contributed by atoms with van der Waals surface area (Å²) in [4.78, 5) is 25.0. The number of hydrogen-bond acceptors (Lipinski definition) is 3. The van der Waals surface area contributed by atoms with Gasteiger partial charge in [0.05, 0.1) is 5.92 Å². The Morgan fingerprint density at radius 3 is 2.94 bits per heavy atom. The average molecular weight is 239 g/mol. The minimum atomic E-state index is 0.103. The zero-order valence-corrected chi connectivity index (χ0v) is 10.4. The van der Waals surface area contributed by atoms with Crippen LogP contribution in [0.1, 0.15) is 25.7 Å². The van der Waals surface area contributed by atoms with Crippen molar-refractivity contribution >= 4 is 11.8 Å². The lowest BCUT2D eigenvalue weighted by molar-refractivity contribution is -0.134. The van der Waals surface area contributed by atoms with Gasteiger partial charge in [-0.15, -0.1) is 0 Å². The van der Waals surface area contributed by atoms with E-state index in [2.05, 4.69) is 10.6 Å². The standard InChI is InChI=1S/C12H21N3O2/c1-15-8-10(4-5-11(15)16)14-12(17)9-3-2-6-13-7-9/h9-10,13H,2-8H2,1H3,(H,14,17)/t9-,10?/m1/s1. The summed E-state index contributed by atoms with van der Waals surface area (Å²) in [5, 5.41) is 6.31. The molecule has 2 amide bonds. The van der Waals surface area contributed by atoms with E-state index in [0.717, 1.165) is 32.4 Å². The van der Waals surface area contributed by atoms with Gasteiger partial charge in [-0.25, -0.2) is 0 Å². The van der Waals surface area contributed by atoms with Crippen molar-refractivity contribution in [1.29, 1.82) is 0 Å². The summed E-state index contributed by atoms with van der Waals surface area (Å²) in [6, 6.07) is 0.132. The van der Waals surface area contributed by atoms with Gasteiger partial charge in [-0.3, -0.25) is 9.59 Å². The van der Waals surface area contributed by atoms with Crippen molar-refractivity contribution in [2.75, 3.05) is 26.7 Å². The predicted octanol–water partition coefficient (Wildman–Crippen LogP) is -0.277. The maximum atomic E-state index is 12.0. The molecule has 0 aliphatic carbocycles. The zero-order valence-electron chi connectivity index (χ0n) is 10.4. The van der Waals surface area contributed by atoms with E-state index >= 15 is 0 Å². The molecule has 2 aliphatic rings. The quantitative estimate of drug-likeness (QED) is 0.697. The Bertz CT molecular complexity index is 300. The molecule has 5 heteroatoms. The van der Waals surface area contributed by atoms with Gasteiger partial charge in [-0.05, 0) is 25.8 Å². The first-order valence-electron chi connectivity index (χ1n) is 6.42. The van der Waals surface area contributed by atoms with Crippen LogP contribution in [0.3, 0.4) is 0 Å². The summed E-state index contributed by atoms with van der Waals surface area (Å²) in [5.41, 5.74) is 0. The number of amides is 2. The van der Waals surface area contributed by atoms with Gasteiger partial charge in [0, 0.05) is 32.6 Å². The third kappa shape index (κ3) is 3.19. The maximum Gasteiger partial charge on any atom is 0.224 e. The van der Waals surface area contributed by atoms with E-state index < -0.39 is 0 Å². The fourth-order valence-corrected chi connectivity index (χ4v) is 2.52. The Kier molecular flexibility index (Phi) is 3.99. The van der Waals surface area contributed by atoms with Crippen LogP contribution >= 0.6 is 0 Å². The molecule has 2 fully saturated rings. The van der Waals surface area contributed by atoms with Gasteiger partial charge in [0.2, 0.25) is 11.8 Å². The predicted molar refractivity (Wildman–Crippen MR) is 64.4 cm³/mol. The van der Waals surface area contributed by atoms with E-state index in [1.807, 2.05) is 0 Å². The van der Waals surface area contributed by atoms with Crippen LogP contribution in [0.2, 0.25) is 0 Å². The number of nitrogens with one attached hydrogen (secondary N) is 2. The molecule has 2 aliphatic heterocycles. The van der Waals surface area contributed by atoms with Gasteiger partial charge in [-0.2, -0.15) is 0 Å². The summed E-state index contributed by atoms with van der Waals surface area (Å²) < 4.78 is 0. The van der Waals surface area contributed by atoms with Gasteiger partial charge in [0.1, 0.15) is 0 Å². The average Bonchev–Trinajstić information content (AvgIpc) is 2.35. The molecular formula is C12H21N3O2. The Labute approximate surface area is 102 Å². The van der Waals surface area contributed by atoms with E-state index in [4.69, 9.17) is 0 Å². The molecule has 5 nitrogen and oxygen atoms in total. The van der Waals surface area contributed by atoms with Gasteiger partial charge >= 0.3 is 0 Å².